The van der Waals surface area contributed by atoms with E-state index >= 15 is 0 Å². The van der Waals surface area contributed by atoms with E-state index in [0.717, 1.165) is 25.7 Å². The summed E-state index contributed by atoms with van der Waals surface area (Å²) in [7, 11) is 1.54. The average molecular weight is 317 g/mol. The van der Waals surface area contributed by atoms with Gasteiger partial charge in [0.25, 0.3) is 5.91 Å². The van der Waals surface area contributed by atoms with Crippen molar-refractivity contribution in [3.8, 4) is 11.8 Å². The van der Waals surface area contributed by atoms with Gasteiger partial charge in [0, 0.05) is 6.04 Å². The Hall–Kier alpha value is -2.57. The zero-order valence-corrected chi connectivity index (χ0v) is 12.9. The van der Waals surface area contributed by atoms with Crippen molar-refractivity contribution in [1.82, 2.24) is 15.3 Å². The number of carbonyl (C=O) groups is 1. The molecule has 0 spiro atoms. The van der Waals surface area contributed by atoms with E-state index in [4.69, 9.17) is 13.9 Å². The number of carbonyl (C=O) groups excluding carboxylic acids is 1. The number of hydrogen-bond donors (Lipinski definition) is 1. The van der Waals surface area contributed by atoms with Crippen molar-refractivity contribution < 1.29 is 18.7 Å². The van der Waals surface area contributed by atoms with Crippen molar-refractivity contribution in [2.45, 2.75) is 37.8 Å². The van der Waals surface area contributed by atoms with Crippen LogP contribution in [0.25, 0.3) is 0 Å². The highest BCUT2D eigenvalue weighted by atomic mass is 16.5. The first-order chi connectivity index (χ1) is 11.2. The van der Waals surface area contributed by atoms with Crippen LogP contribution in [0.4, 0.5) is 0 Å². The lowest BCUT2D eigenvalue weighted by atomic mass is 9.93. The second kappa shape index (κ2) is 7.13. The molecule has 2 heterocycles. The summed E-state index contributed by atoms with van der Waals surface area (Å²) < 4.78 is 15.8. The van der Waals surface area contributed by atoms with Gasteiger partial charge in [0.05, 0.1) is 31.3 Å². The number of rotatable bonds is 5. The molecule has 1 fully saturated rings. The molecule has 1 amide bonds. The Balaban J connectivity index is 1.47. The number of nitrogens with zero attached hydrogens (tertiary/aromatic N) is 2. The monoisotopic (exact) mass is 317 g/mol. The molecule has 1 aliphatic rings. The first-order valence-electron chi connectivity index (χ1n) is 7.60. The van der Waals surface area contributed by atoms with Crippen molar-refractivity contribution in [3.05, 3.63) is 36.5 Å². The fraction of sp³-hybridized carbons (Fsp3) is 0.438. The highest BCUT2D eigenvalue weighted by Crippen LogP contribution is 2.23. The quantitative estimate of drug-likeness (QED) is 0.909. The SMILES string of the molecule is COc1cncc(OC2CCC(NC(=O)c3ccoc3)CC2)n1. The molecule has 0 aromatic carbocycles. The number of ether oxygens (including phenoxy) is 2. The van der Waals surface area contributed by atoms with E-state index in [0.29, 0.717) is 17.3 Å². The minimum atomic E-state index is -0.0956. The van der Waals surface area contributed by atoms with Gasteiger partial charge in [-0.25, -0.2) is 0 Å². The number of furan rings is 1. The van der Waals surface area contributed by atoms with Gasteiger partial charge in [0.2, 0.25) is 11.8 Å². The van der Waals surface area contributed by atoms with Crippen LogP contribution in [0.3, 0.4) is 0 Å². The molecule has 7 heteroatoms. The third kappa shape index (κ3) is 4.00. The number of hydrogen-bond acceptors (Lipinski definition) is 6. The number of nitrogens with one attached hydrogen (secondary N) is 1. The topological polar surface area (TPSA) is 86.5 Å². The molecule has 0 unspecified atom stereocenters. The Morgan fingerprint density at radius 2 is 2.04 bits per heavy atom. The molecule has 1 saturated carbocycles. The van der Waals surface area contributed by atoms with Crippen LogP contribution in [0.15, 0.2) is 35.4 Å². The van der Waals surface area contributed by atoms with Gasteiger partial charge in [-0.15, -0.1) is 0 Å². The van der Waals surface area contributed by atoms with Gasteiger partial charge in [-0.05, 0) is 31.7 Å². The molecule has 2 aromatic heterocycles. The first kappa shape index (κ1) is 15.3. The van der Waals surface area contributed by atoms with Crippen molar-refractivity contribution in [3.63, 3.8) is 0 Å². The summed E-state index contributed by atoms with van der Waals surface area (Å²) in [5.41, 5.74) is 0.551. The summed E-state index contributed by atoms with van der Waals surface area (Å²) in [6.45, 7) is 0. The van der Waals surface area contributed by atoms with E-state index in [-0.39, 0.29) is 18.1 Å². The molecule has 122 valence electrons. The molecular formula is C16H19N3O4. The van der Waals surface area contributed by atoms with E-state index < -0.39 is 0 Å². The van der Waals surface area contributed by atoms with Crippen molar-refractivity contribution in [2.75, 3.05) is 7.11 Å². The van der Waals surface area contributed by atoms with Crippen molar-refractivity contribution >= 4 is 5.91 Å². The third-order valence-corrected chi connectivity index (χ3v) is 3.88. The van der Waals surface area contributed by atoms with E-state index in [2.05, 4.69) is 15.3 Å². The number of aromatic nitrogens is 2. The third-order valence-electron chi connectivity index (χ3n) is 3.88. The largest absolute Gasteiger partial charge is 0.480 e. The maximum atomic E-state index is 12.0. The molecule has 7 nitrogen and oxygen atoms in total. The van der Waals surface area contributed by atoms with E-state index in [1.54, 1.807) is 19.4 Å². The second-order valence-electron chi connectivity index (χ2n) is 5.48. The van der Waals surface area contributed by atoms with Crippen LogP contribution in [0, 0.1) is 0 Å². The molecule has 2 aromatic rings. The normalized spacial score (nSPS) is 20.7. The Labute approximate surface area is 134 Å². The standard InChI is InChI=1S/C16H19N3O4/c1-21-14-8-17-9-15(19-14)23-13-4-2-12(3-5-13)18-16(20)11-6-7-22-10-11/h6-10,12-13H,2-5H2,1H3,(H,18,20). The van der Waals surface area contributed by atoms with Crippen molar-refractivity contribution in [1.29, 1.82) is 0 Å². The van der Waals surface area contributed by atoms with Gasteiger partial charge < -0.3 is 19.2 Å². The molecule has 23 heavy (non-hydrogen) atoms. The lowest BCUT2D eigenvalue weighted by molar-refractivity contribution is 0.0888. The van der Waals surface area contributed by atoms with Crippen LogP contribution in [0.1, 0.15) is 36.0 Å². The number of methoxy groups -OCH3 is 1. The molecule has 0 aliphatic heterocycles. The zero-order valence-electron chi connectivity index (χ0n) is 12.9. The predicted octanol–water partition coefficient (Wildman–Crippen LogP) is 2.20. The summed E-state index contributed by atoms with van der Waals surface area (Å²) >= 11 is 0. The fourth-order valence-electron chi connectivity index (χ4n) is 2.64. The van der Waals surface area contributed by atoms with Gasteiger partial charge in [0.15, 0.2) is 0 Å². The smallest absolute Gasteiger partial charge is 0.254 e. The fourth-order valence-corrected chi connectivity index (χ4v) is 2.64. The van der Waals surface area contributed by atoms with Crippen LogP contribution in [-0.2, 0) is 0 Å². The Morgan fingerprint density at radius 1 is 1.26 bits per heavy atom. The summed E-state index contributed by atoms with van der Waals surface area (Å²) in [6.07, 6.45) is 9.59. The first-order valence-corrected chi connectivity index (χ1v) is 7.60. The van der Waals surface area contributed by atoms with E-state index in [1.807, 2.05) is 0 Å². The summed E-state index contributed by atoms with van der Waals surface area (Å²) in [5.74, 6) is 0.806. The molecule has 3 rings (SSSR count). The van der Waals surface area contributed by atoms with Crippen LogP contribution < -0.4 is 14.8 Å². The molecule has 1 aliphatic carbocycles. The van der Waals surface area contributed by atoms with Crippen LogP contribution in [0.2, 0.25) is 0 Å². The van der Waals surface area contributed by atoms with Crippen LogP contribution in [0.5, 0.6) is 11.8 Å². The lowest BCUT2D eigenvalue weighted by Crippen LogP contribution is -2.39. The molecule has 0 saturated heterocycles. The van der Waals surface area contributed by atoms with Crippen LogP contribution in [-0.4, -0.2) is 35.1 Å². The minimum absolute atomic E-state index is 0.0819. The van der Waals surface area contributed by atoms with Crippen LogP contribution >= 0.6 is 0 Å². The highest BCUT2D eigenvalue weighted by Gasteiger charge is 2.24. The molecule has 0 atom stereocenters. The van der Waals surface area contributed by atoms with Crippen molar-refractivity contribution in [2.24, 2.45) is 0 Å². The number of amides is 1. The maximum absolute atomic E-state index is 12.0. The lowest BCUT2D eigenvalue weighted by Gasteiger charge is -2.29. The summed E-state index contributed by atoms with van der Waals surface area (Å²) in [4.78, 5) is 20.2. The zero-order chi connectivity index (χ0) is 16.1. The second-order valence-corrected chi connectivity index (χ2v) is 5.48. The molecule has 0 bridgehead atoms. The minimum Gasteiger partial charge on any atom is -0.480 e. The molecular weight excluding hydrogens is 298 g/mol. The maximum Gasteiger partial charge on any atom is 0.254 e. The molecule has 0 radical (unpaired) electrons. The summed E-state index contributed by atoms with van der Waals surface area (Å²) in [5, 5.41) is 3.02. The van der Waals surface area contributed by atoms with Gasteiger partial charge in [0.1, 0.15) is 12.4 Å². The summed E-state index contributed by atoms with van der Waals surface area (Å²) in [6, 6.07) is 1.82. The average Bonchev–Trinajstić information content (AvgIpc) is 3.11. The van der Waals surface area contributed by atoms with E-state index in [9.17, 15) is 4.79 Å². The van der Waals surface area contributed by atoms with Gasteiger partial charge in [-0.1, -0.05) is 0 Å². The Kier molecular flexibility index (Phi) is 4.75. The Morgan fingerprint density at radius 3 is 2.74 bits per heavy atom. The van der Waals surface area contributed by atoms with Gasteiger partial charge in [-0.3, -0.25) is 9.78 Å². The predicted molar refractivity (Wildman–Crippen MR) is 81.4 cm³/mol. The Bertz CT molecular complexity index is 637. The van der Waals surface area contributed by atoms with Gasteiger partial charge in [-0.2, -0.15) is 4.98 Å². The molecule has 1 N–H and O–H groups in total. The van der Waals surface area contributed by atoms with E-state index in [1.165, 1.54) is 18.7 Å². The highest BCUT2D eigenvalue weighted by molar-refractivity contribution is 5.93. The van der Waals surface area contributed by atoms with Gasteiger partial charge >= 0.3 is 0 Å².